The Morgan fingerprint density at radius 1 is 1.37 bits per heavy atom. The van der Waals surface area contributed by atoms with Crippen molar-refractivity contribution in [1.82, 2.24) is 10.3 Å². The van der Waals surface area contributed by atoms with Gasteiger partial charge in [-0.25, -0.2) is 4.98 Å². The molecule has 4 heteroatoms. The van der Waals surface area contributed by atoms with Crippen LogP contribution in [0.15, 0.2) is 34.2 Å². The van der Waals surface area contributed by atoms with E-state index in [2.05, 4.69) is 58.3 Å². The lowest BCUT2D eigenvalue weighted by atomic mass is 10.0. The Labute approximate surface area is 127 Å². The molecule has 0 aliphatic heterocycles. The molecule has 1 aromatic heterocycles. The first-order chi connectivity index (χ1) is 9.19. The van der Waals surface area contributed by atoms with E-state index in [-0.39, 0.29) is 0 Å². The van der Waals surface area contributed by atoms with E-state index in [1.54, 1.807) is 11.3 Å². The summed E-state index contributed by atoms with van der Waals surface area (Å²) in [5.74, 6) is 0. The van der Waals surface area contributed by atoms with Gasteiger partial charge in [-0.1, -0.05) is 28.9 Å². The van der Waals surface area contributed by atoms with E-state index in [9.17, 15) is 0 Å². The highest BCUT2D eigenvalue weighted by Gasteiger charge is 2.13. The first kappa shape index (κ1) is 14.7. The van der Waals surface area contributed by atoms with E-state index in [0.717, 1.165) is 23.9 Å². The highest BCUT2D eigenvalue weighted by molar-refractivity contribution is 9.10. The van der Waals surface area contributed by atoms with Crippen molar-refractivity contribution in [2.45, 2.75) is 32.7 Å². The maximum atomic E-state index is 4.40. The number of hydrogen-bond acceptors (Lipinski definition) is 3. The fraction of sp³-hybridized carbons (Fsp3) is 0.400. The molecule has 0 bridgehead atoms. The maximum absolute atomic E-state index is 4.40. The summed E-state index contributed by atoms with van der Waals surface area (Å²) < 4.78 is 1.14. The number of nitrogens with zero attached hydrogens (tertiary/aromatic N) is 1. The van der Waals surface area contributed by atoms with Gasteiger partial charge in [-0.15, -0.1) is 11.3 Å². The summed E-state index contributed by atoms with van der Waals surface area (Å²) in [6.45, 7) is 5.36. The molecule has 2 aromatic rings. The average molecular weight is 339 g/mol. The van der Waals surface area contributed by atoms with Crippen LogP contribution in [-0.2, 0) is 6.42 Å². The molecule has 102 valence electrons. The topological polar surface area (TPSA) is 24.9 Å². The number of thiazole rings is 1. The molecule has 2 rings (SSSR count). The minimum Gasteiger partial charge on any atom is -0.310 e. The molecule has 1 unspecified atom stereocenters. The number of hydrogen-bond donors (Lipinski definition) is 1. The van der Waals surface area contributed by atoms with Crippen molar-refractivity contribution in [1.29, 1.82) is 0 Å². The van der Waals surface area contributed by atoms with Crippen molar-refractivity contribution in [3.05, 3.63) is 50.4 Å². The normalized spacial score (nSPS) is 12.6. The van der Waals surface area contributed by atoms with Crippen LogP contribution in [-0.4, -0.2) is 11.5 Å². The quantitative estimate of drug-likeness (QED) is 0.838. The molecule has 1 N–H and O–H groups in total. The minimum atomic E-state index is 0.335. The van der Waals surface area contributed by atoms with Crippen molar-refractivity contribution in [3.8, 4) is 0 Å². The third-order valence-electron chi connectivity index (χ3n) is 2.97. The Kier molecular flexibility index (Phi) is 5.55. The van der Waals surface area contributed by atoms with Crippen LogP contribution in [0.4, 0.5) is 0 Å². The molecule has 0 fully saturated rings. The first-order valence-electron chi connectivity index (χ1n) is 6.58. The van der Waals surface area contributed by atoms with Crippen molar-refractivity contribution in [2.75, 3.05) is 6.54 Å². The van der Waals surface area contributed by atoms with Gasteiger partial charge in [0.15, 0.2) is 0 Å². The number of aromatic nitrogens is 1. The molecule has 1 atom stereocenters. The minimum absolute atomic E-state index is 0.335. The molecule has 0 saturated carbocycles. The average Bonchev–Trinajstić information content (AvgIpc) is 2.86. The number of nitrogens with one attached hydrogen (secondary N) is 1. The molecular weight excluding hydrogens is 320 g/mol. The summed E-state index contributed by atoms with van der Waals surface area (Å²) in [4.78, 5) is 4.40. The standard InChI is InChI=1S/C15H19BrN2S/c1-3-4-17-14(10-15-18-5-6-19-15)12-7-11(2)8-13(16)9-12/h5-9,14,17H,3-4,10H2,1-2H3. The Morgan fingerprint density at radius 3 is 2.84 bits per heavy atom. The van der Waals surface area contributed by atoms with Crippen LogP contribution < -0.4 is 5.32 Å². The number of aryl methyl sites for hydroxylation is 1. The van der Waals surface area contributed by atoms with Gasteiger partial charge in [0.05, 0.1) is 5.01 Å². The highest BCUT2D eigenvalue weighted by Crippen LogP contribution is 2.24. The number of rotatable bonds is 6. The fourth-order valence-electron chi connectivity index (χ4n) is 2.12. The van der Waals surface area contributed by atoms with E-state index >= 15 is 0 Å². The Balaban J connectivity index is 2.20. The van der Waals surface area contributed by atoms with Gasteiger partial charge >= 0.3 is 0 Å². The van der Waals surface area contributed by atoms with Gasteiger partial charge in [-0.05, 0) is 43.1 Å². The summed E-state index contributed by atoms with van der Waals surface area (Å²) in [5, 5.41) is 6.85. The van der Waals surface area contributed by atoms with E-state index in [1.165, 1.54) is 16.1 Å². The van der Waals surface area contributed by atoms with Gasteiger partial charge < -0.3 is 5.32 Å². The fourth-order valence-corrected chi connectivity index (χ4v) is 3.41. The van der Waals surface area contributed by atoms with Gasteiger partial charge in [-0.2, -0.15) is 0 Å². The van der Waals surface area contributed by atoms with Crippen LogP contribution in [0.25, 0.3) is 0 Å². The highest BCUT2D eigenvalue weighted by atomic mass is 79.9. The Hall–Kier alpha value is -0.710. The van der Waals surface area contributed by atoms with Gasteiger partial charge in [0.1, 0.15) is 0 Å². The number of halogens is 1. The van der Waals surface area contributed by atoms with E-state index in [0.29, 0.717) is 6.04 Å². The first-order valence-corrected chi connectivity index (χ1v) is 8.25. The molecular formula is C15H19BrN2S. The van der Waals surface area contributed by atoms with Crippen LogP contribution >= 0.6 is 27.3 Å². The monoisotopic (exact) mass is 338 g/mol. The zero-order valence-corrected chi connectivity index (χ0v) is 13.7. The molecule has 0 saturated heterocycles. The van der Waals surface area contributed by atoms with Crippen LogP contribution in [0, 0.1) is 6.92 Å². The lowest BCUT2D eigenvalue weighted by molar-refractivity contribution is 0.528. The molecule has 1 heterocycles. The van der Waals surface area contributed by atoms with Crippen molar-refractivity contribution < 1.29 is 0 Å². The van der Waals surface area contributed by atoms with Crippen molar-refractivity contribution >= 4 is 27.3 Å². The smallest absolute Gasteiger partial charge is 0.0943 e. The van der Waals surface area contributed by atoms with Gasteiger partial charge in [0.2, 0.25) is 0 Å². The molecule has 1 aromatic carbocycles. The van der Waals surface area contributed by atoms with Gasteiger partial charge in [0, 0.05) is 28.5 Å². The Bertz CT molecular complexity index is 491. The van der Waals surface area contributed by atoms with Crippen LogP contribution in [0.2, 0.25) is 0 Å². The SMILES string of the molecule is CCCNC(Cc1nccs1)c1cc(C)cc(Br)c1. The lowest BCUT2D eigenvalue weighted by Crippen LogP contribution is -2.24. The van der Waals surface area contributed by atoms with Crippen LogP contribution in [0.3, 0.4) is 0 Å². The van der Waals surface area contributed by atoms with E-state index < -0.39 is 0 Å². The molecule has 0 spiro atoms. The van der Waals surface area contributed by atoms with E-state index in [1.807, 2.05) is 11.6 Å². The maximum Gasteiger partial charge on any atom is 0.0943 e. The third kappa shape index (κ3) is 4.41. The second-order valence-electron chi connectivity index (χ2n) is 4.70. The summed E-state index contributed by atoms with van der Waals surface area (Å²) in [6.07, 6.45) is 3.97. The zero-order chi connectivity index (χ0) is 13.7. The van der Waals surface area contributed by atoms with E-state index in [4.69, 9.17) is 0 Å². The second kappa shape index (κ2) is 7.17. The van der Waals surface area contributed by atoms with Gasteiger partial charge in [-0.3, -0.25) is 0 Å². The molecule has 0 amide bonds. The van der Waals surface area contributed by atoms with Crippen molar-refractivity contribution in [2.24, 2.45) is 0 Å². The summed E-state index contributed by atoms with van der Waals surface area (Å²) in [7, 11) is 0. The van der Waals surface area contributed by atoms with Gasteiger partial charge in [0.25, 0.3) is 0 Å². The molecule has 2 nitrogen and oxygen atoms in total. The predicted molar refractivity (Wildman–Crippen MR) is 85.7 cm³/mol. The number of benzene rings is 1. The van der Waals surface area contributed by atoms with Crippen LogP contribution in [0.1, 0.15) is 35.5 Å². The Morgan fingerprint density at radius 2 is 2.21 bits per heavy atom. The molecule has 0 radical (unpaired) electrons. The molecule has 0 aliphatic carbocycles. The molecule has 19 heavy (non-hydrogen) atoms. The second-order valence-corrected chi connectivity index (χ2v) is 6.59. The van der Waals surface area contributed by atoms with Crippen LogP contribution in [0.5, 0.6) is 0 Å². The summed E-state index contributed by atoms with van der Waals surface area (Å²) in [6, 6.07) is 6.94. The van der Waals surface area contributed by atoms with Crippen molar-refractivity contribution in [3.63, 3.8) is 0 Å². The zero-order valence-electron chi connectivity index (χ0n) is 11.3. The lowest BCUT2D eigenvalue weighted by Gasteiger charge is -2.19. The largest absolute Gasteiger partial charge is 0.310 e. The summed E-state index contributed by atoms with van der Waals surface area (Å²) in [5.41, 5.74) is 2.61. The predicted octanol–water partition coefficient (Wildman–Crippen LogP) is 4.50. The molecule has 0 aliphatic rings. The third-order valence-corrected chi connectivity index (χ3v) is 4.23. The summed E-state index contributed by atoms with van der Waals surface area (Å²) >= 11 is 5.31.